The van der Waals surface area contributed by atoms with Crippen molar-refractivity contribution in [3.63, 3.8) is 0 Å². The van der Waals surface area contributed by atoms with Gasteiger partial charge in [-0.2, -0.15) is 4.72 Å². The van der Waals surface area contributed by atoms with E-state index in [0.717, 1.165) is 11.1 Å². The molecule has 2 aromatic carbocycles. The number of likely N-dealkylation sites (tertiary alicyclic amines) is 1. The van der Waals surface area contributed by atoms with E-state index >= 15 is 0 Å². The molecule has 3 amide bonds. The maximum Gasteiger partial charge on any atom is 0.328 e. The van der Waals surface area contributed by atoms with Crippen molar-refractivity contribution in [3.05, 3.63) is 83.9 Å². The van der Waals surface area contributed by atoms with Crippen LogP contribution in [0.4, 0.5) is 0 Å². The van der Waals surface area contributed by atoms with Crippen LogP contribution < -0.4 is 15.4 Å². The fourth-order valence-corrected chi connectivity index (χ4v) is 6.61. The minimum Gasteiger partial charge on any atom is -0.467 e. The van der Waals surface area contributed by atoms with Crippen LogP contribution in [0.15, 0.2) is 72.0 Å². The average molecular weight is 667 g/mol. The Kier molecular flexibility index (Phi) is 11.2. The van der Waals surface area contributed by atoms with Crippen LogP contribution in [0.2, 0.25) is 0 Å². The maximum absolute atomic E-state index is 14.0. The lowest BCUT2D eigenvalue weighted by Crippen LogP contribution is -2.61. The number of aromatic nitrogens is 2. The van der Waals surface area contributed by atoms with Crippen molar-refractivity contribution in [1.29, 1.82) is 0 Å². The minimum atomic E-state index is -4.11. The quantitative estimate of drug-likeness (QED) is 0.230. The number of nitrogens with one attached hydrogen (secondary N) is 3. The third-order valence-electron chi connectivity index (χ3n) is 8.17. The molecule has 1 aromatic heterocycles. The predicted octanol–water partition coefficient (Wildman–Crippen LogP) is 1.40. The number of hydrogen-bond acceptors (Lipinski definition) is 8. The highest BCUT2D eigenvalue weighted by atomic mass is 32.2. The van der Waals surface area contributed by atoms with Crippen LogP contribution in [-0.2, 0) is 53.8 Å². The fraction of sp³-hybridized carbons (Fsp3) is 0.424. The van der Waals surface area contributed by atoms with Crippen LogP contribution in [0.3, 0.4) is 0 Å². The zero-order chi connectivity index (χ0) is 34.4. The van der Waals surface area contributed by atoms with Gasteiger partial charge in [0.1, 0.15) is 23.7 Å². The molecule has 0 aliphatic carbocycles. The number of aryl methyl sites for hydroxylation is 2. The van der Waals surface area contributed by atoms with Gasteiger partial charge in [0.15, 0.2) is 0 Å². The molecular weight excluding hydrogens is 624 g/mol. The zero-order valence-corrected chi connectivity index (χ0v) is 28.0. The van der Waals surface area contributed by atoms with Gasteiger partial charge in [-0.05, 0) is 51.3 Å². The highest BCUT2D eigenvalue weighted by Gasteiger charge is 2.42. The number of hydrogen-bond donors (Lipinski definition) is 3. The molecule has 3 aromatic rings. The topological polar surface area (TPSA) is 169 Å². The van der Waals surface area contributed by atoms with Crippen LogP contribution in [0, 0.1) is 6.92 Å². The van der Waals surface area contributed by atoms with Crippen LogP contribution in [0.25, 0.3) is 0 Å². The molecule has 2 heterocycles. The molecule has 1 aliphatic rings. The molecule has 0 bridgehead atoms. The number of carbonyl (C=O) groups excluding carboxylic acids is 4. The average Bonchev–Trinajstić information content (AvgIpc) is 3.69. The molecule has 14 heteroatoms. The summed E-state index contributed by atoms with van der Waals surface area (Å²) in [4.78, 5) is 59.0. The highest BCUT2D eigenvalue weighted by Crippen LogP contribution is 2.22. The second-order valence-electron chi connectivity index (χ2n) is 12.2. The first-order valence-corrected chi connectivity index (χ1v) is 16.8. The standard InChI is InChI=1S/C33H42N6O7S/c1-22-13-15-25(16-14-22)47(44,45)37-26(19-24-20-34-21-38(24)4)30(41)39-17-9-12-28(39)29(40)36-33(2,3)32(43)35-27(31(42)46-5)18-23-10-7-6-8-11-23/h6-8,10-11,13-16,20-21,26-28,37H,9,12,17-19H2,1-5H3,(H,35,43)(H,36,40)/t26-,27-,28+/m0/s1. The number of esters is 1. The van der Waals surface area contributed by atoms with E-state index in [9.17, 15) is 27.6 Å². The first kappa shape index (κ1) is 35.3. The Balaban J connectivity index is 1.50. The summed E-state index contributed by atoms with van der Waals surface area (Å²) in [5.74, 6) is -2.40. The van der Waals surface area contributed by atoms with Gasteiger partial charge in [0.05, 0.1) is 18.3 Å². The van der Waals surface area contributed by atoms with E-state index in [1.54, 1.807) is 36.3 Å². The van der Waals surface area contributed by atoms with Crippen LogP contribution in [0.5, 0.6) is 0 Å². The molecule has 0 unspecified atom stereocenters. The Hall–Kier alpha value is -4.56. The van der Waals surface area contributed by atoms with E-state index in [0.29, 0.717) is 18.5 Å². The molecule has 0 saturated carbocycles. The zero-order valence-electron chi connectivity index (χ0n) is 27.2. The number of rotatable bonds is 13. The van der Waals surface area contributed by atoms with E-state index in [1.807, 2.05) is 37.3 Å². The number of carbonyl (C=O) groups is 4. The van der Waals surface area contributed by atoms with Gasteiger partial charge in [-0.25, -0.2) is 18.2 Å². The summed E-state index contributed by atoms with van der Waals surface area (Å²) in [7, 11) is -1.14. The number of methoxy groups -OCH3 is 1. The Morgan fingerprint density at radius 3 is 2.32 bits per heavy atom. The Labute approximate surface area is 275 Å². The van der Waals surface area contributed by atoms with Gasteiger partial charge in [0.25, 0.3) is 0 Å². The summed E-state index contributed by atoms with van der Waals surface area (Å²) in [5.41, 5.74) is 0.830. The summed E-state index contributed by atoms with van der Waals surface area (Å²) in [6.07, 6.45) is 4.10. The van der Waals surface area contributed by atoms with E-state index in [4.69, 9.17) is 4.74 Å². The van der Waals surface area contributed by atoms with Gasteiger partial charge in [-0.15, -0.1) is 0 Å². The number of ether oxygens (including phenoxy) is 1. The second kappa shape index (κ2) is 14.9. The Morgan fingerprint density at radius 2 is 1.70 bits per heavy atom. The highest BCUT2D eigenvalue weighted by molar-refractivity contribution is 7.89. The lowest BCUT2D eigenvalue weighted by atomic mass is 10.0. The van der Waals surface area contributed by atoms with Crippen molar-refractivity contribution in [3.8, 4) is 0 Å². The predicted molar refractivity (Wildman–Crippen MR) is 173 cm³/mol. The summed E-state index contributed by atoms with van der Waals surface area (Å²) >= 11 is 0. The first-order valence-electron chi connectivity index (χ1n) is 15.3. The molecule has 4 rings (SSSR count). The fourth-order valence-electron chi connectivity index (χ4n) is 5.42. The third kappa shape index (κ3) is 8.83. The molecular formula is C33H42N6O7S. The van der Waals surface area contributed by atoms with Gasteiger partial charge in [-0.3, -0.25) is 14.4 Å². The minimum absolute atomic E-state index is 0.00447. The Bertz CT molecular complexity index is 1690. The number of imidazole rings is 1. The van der Waals surface area contributed by atoms with Crippen molar-refractivity contribution in [2.45, 2.75) is 75.0 Å². The molecule has 1 fully saturated rings. The van der Waals surface area contributed by atoms with Crippen LogP contribution in [0.1, 0.15) is 43.5 Å². The van der Waals surface area contributed by atoms with Gasteiger partial charge in [-0.1, -0.05) is 48.0 Å². The monoisotopic (exact) mass is 666 g/mol. The van der Waals surface area contributed by atoms with Crippen LogP contribution in [-0.4, -0.2) is 83.9 Å². The first-order chi connectivity index (χ1) is 22.2. The van der Waals surface area contributed by atoms with Gasteiger partial charge < -0.3 is 24.8 Å². The molecule has 3 atom stereocenters. The number of amides is 3. The molecule has 3 N–H and O–H groups in total. The second-order valence-corrected chi connectivity index (χ2v) is 13.9. The van der Waals surface area contributed by atoms with Gasteiger partial charge in [0, 0.05) is 38.3 Å². The number of nitrogens with zero attached hydrogens (tertiary/aromatic N) is 3. The van der Waals surface area contributed by atoms with E-state index in [1.165, 1.54) is 38.0 Å². The Morgan fingerprint density at radius 1 is 1.02 bits per heavy atom. The smallest absolute Gasteiger partial charge is 0.328 e. The van der Waals surface area contributed by atoms with Gasteiger partial charge >= 0.3 is 5.97 Å². The molecule has 252 valence electrons. The van der Waals surface area contributed by atoms with Crippen molar-refractivity contribution >= 4 is 33.7 Å². The summed E-state index contributed by atoms with van der Waals surface area (Å²) < 4.78 is 35.9. The van der Waals surface area contributed by atoms with Crippen LogP contribution >= 0.6 is 0 Å². The molecule has 47 heavy (non-hydrogen) atoms. The van der Waals surface area contributed by atoms with Crippen molar-refractivity contribution < 1.29 is 32.3 Å². The molecule has 13 nitrogen and oxygen atoms in total. The SMILES string of the molecule is COC(=O)[C@H](Cc1ccccc1)NC(=O)C(C)(C)NC(=O)[C@H]1CCCN1C(=O)[C@H](Cc1cncn1C)NS(=O)(=O)c1ccc(C)cc1. The van der Waals surface area contributed by atoms with E-state index in [-0.39, 0.29) is 24.3 Å². The summed E-state index contributed by atoms with van der Waals surface area (Å²) in [5, 5.41) is 5.42. The molecule has 0 spiro atoms. The van der Waals surface area contributed by atoms with Gasteiger partial charge in [0.2, 0.25) is 27.7 Å². The molecule has 1 saturated heterocycles. The van der Waals surface area contributed by atoms with Crippen molar-refractivity contribution in [2.24, 2.45) is 7.05 Å². The lowest BCUT2D eigenvalue weighted by Gasteiger charge is -2.32. The number of benzene rings is 2. The van der Waals surface area contributed by atoms with Crippen molar-refractivity contribution in [2.75, 3.05) is 13.7 Å². The third-order valence-corrected chi connectivity index (χ3v) is 9.66. The van der Waals surface area contributed by atoms with E-state index in [2.05, 4.69) is 20.3 Å². The van der Waals surface area contributed by atoms with Crippen molar-refractivity contribution in [1.82, 2.24) is 29.8 Å². The maximum atomic E-state index is 14.0. The molecule has 0 radical (unpaired) electrons. The van der Waals surface area contributed by atoms with E-state index < -0.39 is 57.4 Å². The summed E-state index contributed by atoms with van der Waals surface area (Å²) in [6, 6.07) is 12.2. The largest absolute Gasteiger partial charge is 0.467 e. The summed E-state index contributed by atoms with van der Waals surface area (Å²) in [6.45, 7) is 5.06. The molecule has 1 aliphatic heterocycles. The lowest BCUT2D eigenvalue weighted by molar-refractivity contribution is -0.146. The normalized spacial score (nSPS) is 16.3. The number of sulfonamides is 1.